The quantitative estimate of drug-likeness (QED) is 0.125. The fourth-order valence-corrected chi connectivity index (χ4v) is 8.55. The van der Waals surface area contributed by atoms with Crippen LogP contribution < -0.4 is 4.90 Å². The molecule has 2 fully saturated rings. The topological polar surface area (TPSA) is 68.6 Å². The molecule has 0 unspecified atom stereocenters. The number of likely N-dealkylation sites (N-methyl/N-ethyl adjacent to an activating group) is 2. The molecule has 1 aromatic carbocycles. The summed E-state index contributed by atoms with van der Waals surface area (Å²) in [4.78, 5) is 32.2. The molecule has 210 valence electrons. The van der Waals surface area contributed by atoms with Crippen LogP contribution >= 0.6 is 34.9 Å². The fourth-order valence-electron chi connectivity index (χ4n) is 5.96. The first-order valence-electron chi connectivity index (χ1n) is 13.7. The molecule has 2 aliphatic rings. The molecule has 0 atom stereocenters. The van der Waals surface area contributed by atoms with E-state index >= 15 is 0 Å². The third-order valence-corrected chi connectivity index (χ3v) is 10.3. The number of nitrogens with zero attached hydrogens (tertiary/aromatic N) is 5. The van der Waals surface area contributed by atoms with Gasteiger partial charge in [0.25, 0.3) is 11.8 Å². The van der Waals surface area contributed by atoms with E-state index in [2.05, 4.69) is 55.0 Å². The van der Waals surface area contributed by atoms with Crippen LogP contribution in [-0.4, -0.2) is 50.9 Å². The zero-order valence-electron chi connectivity index (χ0n) is 23.9. The van der Waals surface area contributed by atoms with Crippen LogP contribution in [0, 0.1) is 0 Å². The van der Waals surface area contributed by atoms with E-state index in [4.69, 9.17) is 12.2 Å². The SMILES string of the molecule is CCN1C(=O)C(=Cc2cc3sc(/N=N/c4ccc(N5C(C)(C)CCCC5(C)C)cc4)cc3s2)C(=O)N(CC)C1=S. The predicted octanol–water partition coefficient (Wildman–Crippen LogP) is 8.30. The summed E-state index contributed by atoms with van der Waals surface area (Å²) in [6.07, 6.45) is 5.30. The molecule has 2 saturated heterocycles. The summed E-state index contributed by atoms with van der Waals surface area (Å²) in [7, 11) is 0. The van der Waals surface area contributed by atoms with E-state index in [9.17, 15) is 9.59 Å². The molecule has 3 aromatic rings. The van der Waals surface area contributed by atoms with Crippen molar-refractivity contribution < 1.29 is 9.59 Å². The monoisotopic (exact) mass is 593 g/mol. The van der Waals surface area contributed by atoms with E-state index in [-0.39, 0.29) is 33.6 Å². The number of azo groups is 1. The van der Waals surface area contributed by atoms with Crippen LogP contribution in [0.15, 0.2) is 52.2 Å². The number of amides is 2. The Morgan fingerprint density at radius 3 is 2.00 bits per heavy atom. The molecule has 10 heteroatoms. The Labute approximate surface area is 249 Å². The fraction of sp³-hybridized carbons (Fsp3) is 0.433. The second-order valence-corrected chi connectivity index (χ2v) is 14.0. The second kappa shape index (κ2) is 10.8. The van der Waals surface area contributed by atoms with E-state index in [0.717, 1.165) is 25.0 Å². The largest absolute Gasteiger partial charge is 0.361 e. The van der Waals surface area contributed by atoms with Crippen molar-refractivity contribution in [3.8, 4) is 0 Å². The van der Waals surface area contributed by atoms with E-state index in [0.29, 0.717) is 13.1 Å². The highest BCUT2D eigenvalue weighted by molar-refractivity contribution is 7.80. The molecule has 40 heavy (non-hydrogen) atoms. The van der Waals surface area contributed by atoms with Gasteiger partial charge in [-0.05, 0) is 115 Å². The number of hydrogen-bond acceptors (Lipinski definition) is 8. The Balaban J connectivity index is 1.33. The summed E-state index contributed by atoms with van der Waals surface area (Å²) in [5.41, 5.74) is 2.39. The minimum atomic E-state index is -0.341. The smallest absolute Gasteiger partial charge is 0.265 e. The number of fused-ring (bicyclic) bond motifs is 1. The Morgan fingerprint density at radius 2 is 1.45 bits per heavy atom. The van der Waals surface area contributed by atoms with Gasteiger partial charge in [-0.3, -0.25) is 19.4 Å². The molecule has 5 rings (SSSR count). The summed E-state index contributed by atoms with van der Waals surface area (Å²) in [5, 5.41) is 10.1. The molecule has 0 bridgehead atoms. The number of carbonyl (C=O) groups excluding carboxylic acids is 2. The number of hydrogen-bond donors (Lipinski definition) is 0. The summed E-state index contributed by atoms with van der Waals surface area (Å²) < 4.78 is 2.09. The maximum Gasteiger partial charge on any atom is 0.265 e. The van der Waals surface area contributed by atoms with E-state index in [1.807, 2.05) is 38.1 Å². The Morgan fingerprint density at radius 1 is 0.875 bits per heavy atom. The maximum absolute atomic E-state index is 12.9. The summed E-state index contributed by atoms with van der Waals surface area (Å²) in [5.74, 6) is -0.682. The normalized spacial score (nSPS) is 19.4. The predicted molar refractivity (Wildman–Crippen MR) is 170 cm³/mol. The highest BCUT2D eigenvalue weighted by atomic mass is 32.1. The van der Waals surface area contributed by atoms with E-state index in [1.54, 1.807) is 6.08 Å². The van der Waals surface area contributed by atoms with Crippen LogP contribution in [0.25, 0.3) is 15.5 Å². The van der Waals surface area contributed by atoms with Crippen molar-refractivity contribution in [2.45, 2.75) is 71.9 Å². The molecule has 0 saturated carbocycles. The van der Waals surface area contributed by atoms with Gasteiger partial charge >= 0.3 is 0 Å². The molecular weight excluding hydrogens is 559 g/mol. The molecule has 0 spiro atoms. The number of thiophene rings is 2. The van der Waals surface area contributed by atoms with Crippen molar-refractivity contribution in [3.63, 3.8) is 0 Å². The standard InChI is InChI=1S/C30H35N5O2S3/c1-7-33-26(36)22(27(37)34(8-2)28(33)38)16-21-17-23-24(39-21)18-25(40-23)32-31-19-10-12-20(13-11-19)35-29(3,4)14-9-15-30(35,5)6/h10-13,16-18H,7-9,14-15H2,1-6H3/b32-31+. The van der Waals surface area contributed by atoms with Gasteiger partial charge in [0.2, 0.25) is 0 Å². The molecule has 0 N–H and O–H groups in total. The van der Waals surface area contributed by atoms with Crippen molar-refractivity contribution in [2.24, 2.45) is 10.2 Å². The third kappa shape index (κ3) is 5.24. The number of benzene rings is 1. The Hall–Kier alpha value is -2.95. The van der Waals surface area contributed by atoms with Gasteiger partial charge < -0.3 is 4.90 Å². The number of piperidine rings is 1. The molecule has 0 aliphatic carbocycles. The minimum absolute atomic E-state index is 0.108. The van der Waals surface area contributed by atoms with Crippen LogP contribution in [-0.2, 0) is 9.59 Å². The molecule has 4 heterocycles. The van der Waals surface area contributed by atoms with Crippen LogP contribution in [0.3, 0.4) is 0 Å². The van der Waals surface area contributed by atoms with Crippen molar-refractivity contribution >= 4 is 83.7 Å². The lowest BCUT2D eigenvalue weighted by Gasteiger charge is -2.54. The van der Waals surface area contributed by atoms with Crippen molar-refractivity contribution in [3.05, 3.63) is 46.8 Å². The van der Waals surface area contributed by atoms with Crippen molar-refractivity contribution in [1.82, 2.24) is 9.80 Å². The summed E-state index contributed by atoms with van der Waals surface area (Å²) in [6.45, 7) is 13.8. The first-order valence-corrected chi connectivity index (χ1v) is 15.7. The van der Waals surface area contributed by atoms with Crippen LogP contribution in [0.5, 0.6) is 0 Å². The van der Waals surface area contributed by atoms with Gasteiger partial charge in [0.15, 0.2) is 5.11 Å². The lowest BCUT2D eigenvalue weighted by Crippen LogP contribution is -2.58. The molecular formula is C30H35N5O2S3. The first-order chi connectivity index (χ1) is 18.9. The number of carbonyl (C=O) groups is 2. The van der Waals surface area contributed by atoms with Crippen molar-refractivity contribution in [2.75, 3.05) is 18.0 Å². The average Bonchev–Trinajstić information content (AvgIpc) is 3.44. The Bertz CT molecular complexity index is 1450. The number of anilines is 1. The lowest BCUT2D eigenvalue weighted by atomic mass is 9.79. The van der Waals surface area contributed by atoms with Crippen LogP contribution in [0.1, 0.15) is 65.7 Å². The highest BCUT2D eigenvalue weighted by Gasteiger charge is 2.41. The highest BCUT2D eigenvalue weighted by Crippen LogP contribution is 2.43. The van der Waals surface area contributed by atoms with Crippen LogP contribution in [0.2, 0.25) is 0 Å². The number of rotatable bonds is 6. The van der Waals surface area contributed by atoms with Gasteiger partial charge in [0.1, 0.15) is 10.6 Å². The third-order valence-electron chi connectivity index (χ3n) is 7.70. The van der Waals surface area contributed by atoms with Gasteiger partial charge in [-0.1, -0.05) is 0 Å². The molecule has 2 aromatic heterocycles. The minimum Gasteiger partial charge on any atom is -0.361 e. The van der Waals surface area contributed by atoms with Crippen molar-refractivity contribution in [1.29, 1.82) is 0 Å². The maximum atomic E-state index is 12.9. The van der Waals surface area contributed by atoms with Gasteiger partial charge in [0.05, 0.1) is 5.69 Å². The van der Waals surface area contributed by atoms with E-state index < -0.39 is 0 Å². The average molecular weight is 594 g/mol. The number of thiocarbonyl (C=S) groups is 1. The van der Waals surface area contributed by atoms with Gasteiger partial charge in [-0.2, -0.15) is 0 Å². The van der Waals surface area contributed by atoms with Gasteiger partial charge in [0, 0.05) is 44.1 Å². The Kier molecular flexibility index (Phi) is 7.71. The summed E-state index contributed by atoms with van der Waals surface area (Å²) >= 11 is 8.42. The van der Waals surface area contributed by atoms with Gasteiger partial charge in [-0.25, -0.2) is 0 Å². The summed E-state index contributed by atoms with van der Waals surface area (Å²) in [6, 6.07) is 12.4. The first kappa shape index (κ1) is 28.6. The second-order valence-electron chi connectivity index (χ2n) is 11.4. The van der Waals surface area contributed by atoms with Crippen LogP contribution in [0.4, 0.5) is 16.4 Å². The molecule has 7 nitrogen and oxygen atoms in total. The van der Waals surface area contributed by atoms with E-state index in [1.165, 1.54) is 57.4 Å². The molecule has 2 aliphatic heterocycles. The zero-order valence-corrected chi connectivity index (χ0v) is 26.3. The molecule has 0 radical (unpaired) electrons. The van der Waals surface area contributed by atoms with Gasteiger partial charge in [-0.15, -0.1) is 32.9 Å². The zero-order chi connectivity index (χ0) is 28.8. The lowest BCUT2D eigenvalue weighted by molar-refractivity contribution is -0.133. The molecule has 2 amide bonds.